The topological polar surface area (TPSA) is 0 Å². The fraction of sp³-hybridized carbons (Fsp3) is 0.600. The van der Waals surface area contributed by atoms with Crippen LogP contribution in [-0.2, 0) is 0 Å². The third kappa shape index (κ3) is 4.54. The van der Waals surface area contributed by atoms with Crippen molar-refractivity contribution in [3.63, 3.8) is 0 Å². The van der Waals surface area contributed by atoms with E-state index in [9.17, 15) is 0 Å². The average Bonchev–Trinajstić information content (AvgIpc) is 1.35. The molecule has 0 N–H and O–H groups in total. The molecule has 0 heterocycles. The van der Waals surface area contributed by atoms with Gasteiger partial charge in [-0.1, -0.05) is 0 Å². The molecule has 0 fully saturated rings. The van der Waals surface area contributed by atoms with E-state index in [1.54, 1.807) is 22.5 Å². The van der Waals surface area contributed by atoms with Crippen LogP contribution in [0.4, 0.5) is 0 Å². The molecule has 0 aromatic rings. The molecular formula is C5H9Sn+3. The van der Waals surface area contributed by atoms with Gasteiger partial charge in [-0.3, -0.25) is 0 Å². The van der Waals surface area contributed by atoms with Crippen LogP contribution < -0.4 is 0 Å². The summed E-state index contributed by atoms with van der Waals surface area (Å²) in [7, 11) is 0. The van der Waals surface area contributed by atoms with Gasteiger partial charge in [0.15, 0.2) is 0 Å². The number of rotatable bonds is 1. The summed E-state index contributed by atoms with van der Waals surface area (Å²) in [6, 6.07) is 0. The van der Waals surface area contributed by atoms with Crippen molar-refractivity contribution in [3.05, 3.63) is 11.6 Å². The molecule has 0 unspecified atom stereocenters. The van der Waals surface area contributed by atoms with Gasteiger partial charge in [-0.2, -0.15) is 0 Å². The molecule has 0 aliphatic carbocycles. The summed E-state index contributed by atoms with van der Waals surface area (Å²) in [5.41, 5.74) is 1.44. The Morgan fingerprint density at radius 3 is 2.17 bits per heavy atom. The van der Waals surface area contributed by atoms with Crippen molar-refractivity contribution in [1.29, 1.82) is 0 Å². The zero-order valence-corrected chi connectivity index (χ0v) is 7.14. The van der Waals surface area contributed by atoms with E-state index in [0.29, 0.717) is 0 Å². The van der Waals surface area contributed by atoms with Gasteiger partial charge in [0.25, 0.3) is 0 Å². The van der Waals surface area contributed by atoms with Gasteiger partial charge in [0.05, 0.1) is 0 Å². The van der Waals surface area contributed by atoms with Gasteiger partial charge in [-0.15, -0.1) is 0 Å². The van der Waals surface area contributed by atoms with E-state index >= 15 is 0 Å². The molecule has 0 spiro atoms. The Labute approximate surface area is 52.7 Å². The first-order valence-electron chi connectivity index (χ1n) is 2.05. The van der Waals surface area contributed by atoms with Crippen LogP contribution in [0.15, 0.2) is 11.6 Å². The van der Waals surface area contributed by atoms with E-state index in [-0.39, 0.29) is 0 Å². The molecular weight excluding hydrogens is 179 g/mol. The normalized spacial score (nSPS) is 8.00. The van der Waals surface area contributed by atoms with Crippen molar-refractivity contribution in [2.75, 3.05) is 0 Å². The van der Waals surface area contributed by atoms with Crippen LogP contribution in [0, 0.1) is 0 Å². The summed E-state index contributed by atoms with van der Waals surface area (Å²) in [5.74, 6) is 0. The van der Waals surface area contributed by atoms with E-state index in [0.717, 1.165) is 0 Å². The first-order valence-corrected chi connectivity index (χ1v) is 4.07. The van der Waals surface area contributed by atoms with Gasteiger partial charge < -0.3 is 0 Å². The number of hydrogen-bond acceptors (Lipinski definition) is 0. The second-order valence-electron chi connectivity index (χ2n) is 1.49. The van der Waals surface area contributed by atoms with Gasteiger partial charge in [0.2, 0.25) is 0 Å². The molecule has 0 saturated heterocycles. The summed E-state index contributed by atoms with van der Waals surface area (Å²) >= 11 is 1.60. The molecule has 6 heavy (non-hydrogen) atoms. The molecule has 0 atom stereocenters. The molecule has 1 heteroatoms. The SMILES string of the molecule is CC(C)=C[CH2][Sn+3]. The van der Waals surface area contributed by atoms with Crippen LogP contribution in [0.5, 0.6) is 0 Å². The average molecular weight is 188 g/mol. The van der Waals surface area contributed by atoms with Gasteiger partial charge >= 0.3 is 52.5 Å². The van der Waals surface area contributed by atoms with Crippen LogP contribution in [-0.4, -0.2) is 22.5 Å². The minimum atomic E-state index is 1.26. The van der Waals surface area contributed by atoms with Gasteiger partial charge in [0.1, 0.15) is 0 Å². The first kappa shape index (κ1) is 6.54. The summed E-state index contributed by atoms with van der Waals surface area (Å²) in [6.45, 7) is 4.26. The van der Waals surface area contributed by atoms with E-state index in [2.05, 4.69) is 19.9 Å². The van der Waals surface area contributed by atoms with Crippen molar-refractivity contribution in [2.45, 2.75) is 18.3 Å². The Morgan fingerprint density at radius 2 is 2.17 bits per heavy atom. The second-order valence-corrected chi connectivity index (χ2v) is 2.65. The third-order valence-electron chi connectivity index (χ3n) is 0.510. The molecule has 0 amide bonds. The zero-order chi connectivity index (χ0) is 4.99. The maximum atomic E-state index is 2.25. The molecule has 0 aromatic carbocycles. The van der Waals surface area contributed by atoms with Crippen molar-refractivity contribution >= 4 is 22.5 Å². The van der Waals surface area contributed by atoms with Gasteiger partial charge in [0, 0.05) is 0 Å². The zero-order valence-electron chi connectivity index (χ0n) is 4.28. The molecule has 0 radical (unpaired) electrons. The molecule has 0 bridgehead atoms. The van der Waals surface area contributed by atoms with Crippen molar-refractivity contribution in [3.8, 4) is 0 Å². The number of allylic oxidation sites excluding steroid dienone is 2. The van der Waals surface area contributed by atoms with E-state index < -0.39 is 0 Å². The van der Waals surface area contributed by atoms with Crippen molar-refractivity contribution < 1.29 is 0 Å². The molecule has 0 saturated carbocycles. The van der Waals surface area contributed by atoms with Crippen LogP contribution in [0.1, 0.15) is 13.8 Å². The third-order valence-corrected chi connectivity index (χ3v) is 1.09. The second kappa shape index (κ2) is 3.72. The molecule has 0 nitrogen and oxygen atoms in total. The fourth-order valence-electron chi connectivity index (χ4n) is 0.204. The first-order chi connectivity index (χ1) is 2.77. The maximum absolute atomic E-state index is 2.25. The molecule has 0 rings (SSSR count). The quantitative estimate of drug-likeness (QED) is 0.432. The standard InChI is InChI=1S/C5H9.Sn/c1-4-5(2)3;/h4H,1H2,2-3H3;/q;+3. The van der Waals surface area contributed by atoms with Crippen molar-refractivity contribution in [1.82, 2.24) is 0 Å². The molecule has 0 aliphatic rings. The monoisotopic (exact) mass is 189 g/mol. The summed E-state index contributed by atoms with van der Waals surface area (Å²) in [6.07, 6.45) is 2.25. The van der Waals surface area contributed by atoms with Crippen LogP contribution in [0.25, 0.3) is 0 Å². The Morgan fingerprint density at radius 1 is 1.67 bits per heavy atom. The predicted octanol–water partition coefficient (Wildman–Crippen LogP) is 1.54. The molecule has 0 aliphatic heterocycles. The Bertz CT molecular complexity index is 51.0. The minimum absolute atomic E-state index is 1.26. The van der Waals surface area contributed by atoms with Crippen molar-refractivity contribution in [2.24, 2.45) is 0 Å². The number of hydrogen-bond donors (Lipinski definition) is 0. The van der Waals surface area contributed by atoms with Crippen LogP contribution in [0.3, 0.4) is 0 Å². The molecule has 0 aromatic heterocycles. The Kier molecular flexibility index (Phi) is 4.05. The fourth-order valence-corrected chi connectivity index (χ4v) is 1.37. The summed E-state index contributed by atoms with van der Waals surface area (Å²) in [5, 5.41) is 0. The summed E-state index contributed by atoms with van der Waals surface area (Å²) in [4.78, 5) is 0. The van der Waals surface area contributed by atoms with Crippen LogP contribution >= 0.6 is 0 Å². The predicted molar refractivity (Wildman–Crippen MR) is 30.0 cm³/mol. The Hall–Kier alpha value is 0.539. The van der Waals surface area contributed by atoms with E-state index in [1.165, 1.54) is 10.0 Å². The van der Waals surface area contributed by atoms with Crippen LogP contribution in [0.2, 0.25) is 4.44 Å². The van der Waals surface area contributed by atoms with Gasteiger partial charge in [-0.05, 0) is 0 Å². The van der Waals surface area contributed by atoms with E-state index in [1.807, 2.05) is 0 Å². The van der Waals surface area contributed by atoms with E-state index in [4.69, 9.17) is 0 Å². The molecule has 30 valence electrons. The Balaban J connectivity index is 3.14. The summed E-state index contributed by atoms with van der Waals surface area (Å²) < 4.78 is 1.26. The van der Waals surface area contributed by atoms with Gasteiger partial charge in [-0.25, -0.2) is 0 Å².